The van der Waals surface area contributed by atoms with Crippen LogP contribution in [0.1, 0.15) is 28.5 Å². The Morgan fingerprint density at radius 3 is 2.48 bits per heavy atom. The van der Waals surface area contributed by atoms with Crippen molar-refractivity contribution >= 4 is 39.1 Å². The van der Waals surface area contributed by atoms with Crippen molar-refractivity contribution in [1.82, 2.24) is 0 Å². The maximum atomic E-state index is 13.1. The average molecular weight is 482 g/mol. The summed E-state index contributed by atoms with van der Waals surface area (Å²) in [5.41, 5.74) is 2.95. The Balaban J connectivity index is 1.91. The van der Waals surface area contributed by atoms with E-state index in [0.29, 0.717) is 27.2 Å². The van der Waals surface area contributed by atoms with Gasteiger partial charge in [0.05, 0.1) is 23.4 Å². The van der Waals surface area contributed by atoms with Crippen LogP contribution in [0.5, 0.6) is 5.75 Å². The molecule has 0 aliphatic carbocycles. The number of carbonyl (C=O) groups is 2. The second kappa shape index (κ2) is 8.07. The van der Waals surface area contributed by atoms with Crippen LogP contribution in [-0.2, 0) is 9.59 Å². The van der Waals surface area contributed by atoms with Gasteiger partial charge in [-0.2, -0.15) is 0 Å². The Morgan fingerprint density at radius 2 is 1.87 bits per heavy atom. The Kier molecular flexibility index (Phi) is 5.45. The van der Waals surface area contributed by atoms with Gasteiger partial charge in [0.15, 0.2) is 0 Å². The number of anilines is 1. The molecule has 1 aromatic heterocycles. The fourth-order valence-corrected chi connectivity index (χ4v) is 4.20. The van der Waals surface area contributed by atoms with Crippen molar-refractivity contribution in [2.24, 2.45) is 0 Å². The zero-order chi connectivity index (χ0) is 22.3. The molecule has 1 aliphatic heterocycles. The van der Waals surface area contributed by atoms with Gasteiger partial charge in [0.1, 0.15) is 23.3 Å². The molecule has 2 aromatic carbocycles. The molecule has 2 heterocycles. The van der Waals surface area contributed by atoms with E-state index in [1.165, 1.54) is 18.3 Å². The summed E-state index contributed by atoms with van der Waals surface area (Å²) >= 11 is 3.39. The van der Waals surface area contributed by atoms with Gasteiger partial charge in [0.2, 0.25) is 0 Å². The largest absolute Gasteiger partial charge is 0.507 e. The number of rotatable bonds is 4. The van der Waals surface area contributed by atoms with Crippen molar-refractivity contribution in [3.05, 3.63) is 87.3 Å². The van der Waals surface area contributed by atoms with E-state index in [0.717, 1.165) is 11.1 Å². The molecule has 0 spiro atoms. The van der Waals surface area contributed by atoms with Gasteiger partial charge in [0, 0.05) is 11.3 Å². The van der Waals surface area contributed by atoms with Crippen molar-refractivity contribution in [2.45, 2.75) is 19.9 Å². The third kappa shape index (κ3) is 3.55. The van der Waals surface area contributed by atoms with Gasteiger partial charge in [-0.15, -0.1) is 0 Å². The predicted molar refractivity (Wildman–Crippen MR) is 120 cm³/mol. The minimum Gasteiger partial charge on any atom is -0.507 e. The second-order valence-corrected chi connectivity index (χ2v) is 8.16. The molecular weight excluding hydrogens is 462 g/mol. The van der Waals surface area contributed by atoms with Crippen molar-refractivity contribution in [2.75, 3.05) is 12.0 Å². The van der Waals surface area contributed by atoms with Crippen LogP contribution in [0.2, 0.25) is 0 Å². The molecule has 1 fully saturated rings. The molecule has 6 nitrogen and oxygen atoms in total. The Morgan fingerprint density at radius 1 is 1.10 bits per heavy atom. The van der Waals surface area contributed by atoms with E-state index >= 15 is 0 Å². The van der Waals surface area contributed by atoms with E-state index in [1.807, 2.05) is 26.0 Å². The predicted octanol–water partition coefficient (Wildman–Crippen LogP) is 5.29. The van der Waals surface area contributed by atoms with E-state index in [-0.39, 0.29) is 11.3 Å². The third-order valence-corrected chi connectivity index (χ3v) is 6.07. The van der Waals surface area contributed by atoms with Crippen LogP contribution >= 0.6 is 15.9 Å². The standard InChI is InChI=1S/C24H20BrNO5/c1-13-6-8-16(11-14(13)2)26-21(19-5-4-10-31-19)20(23(28)24(26)29)22(27)15-7-9-18(30-3)17(25)12-15/h4-12,21,27H,1-3H3/b22-20-. The number of furan rings is 1. The average Bonchev–Trinajstić information content (AvgIpc) is 3.37. The molecule has 3 aromatic rings. The van der Waals surface area contributed by atoms with Gasteiger partial charge in [-0.3, -0.25) is 14.5 Å². The van der Waals surface area contributed by atoms with Crippen molar-refractivity contribution in [3.63, 3.8) is 0 Å². The number of nitrogens with zero attached hydrogens (tertiary/aromatic N) is 1. The molecule has 1 unspecified atom stereocenters. The van der Waals surface area contributed by atoms with Crippen LogP contribution in [-0.4, -0.2) is 23.9 Å². The molecule has 0 saturated carbocycles. The minimum atomic E-state index is -0.891. The van der Waals surface area contributed by atoms with E-state index in [9.17, 15) is 14.7 Å². The van der Waals surface area contributed by atoms with Crippen molar-refractivity contribution in [3.8, 4) is 5.75 Å². The fraction of sp³-hybridized carbons (Fsp3) is 0.167. The number of aliphatic hydroxyl groups is 1. The molecule has 158 valence electrons. The molecule has 0 radical (unpaired) electrons. The highest BCUT2D eigenvalue weighted by Crippen LogP contribution is 2.43. The SMILES string of the molecule is COc1ccc(/C(O)=C2/C(=O)C(=O)N(c3ccc(C)c(C)c3)C2c2ccco2)cc1Br. The van der Waals surface area contributed by atoms with Crippen molar-refractivity contribution < 1.29 is 23.8 Å². The lowest BCUT2D eigenvalue weighted by atomic mass is 9.99. The molecule has 4 rings (SSSR count). The number of carbonyl (C=O) groups excluding carboxylic acids is 2. The number of aliphatic hydroxyl groups excluding tert-OH is 1. The van der Waals surface area contributed by atoms with E-state index in [4.69, 9.17) is 9.15 Å². The first-order valence-corrected chi connectivity index (χ1v) is 10.4. The van der Waals surface area contributed by atoms with E-state index in [2.05, 4.69) is 15.9 Å². The van der Waals surface area contributed by atoms with Gasteiger partial charge in [-0.25, -0.2) is 0 Å². The molecule has 1 aliphatic rings. The summed E-state index contributed by atoms with van der Waals surface area (Å²) in [6, 6.07) is 12.9. The summed E-state index contributed by atoms with van der Waals surface area (Å²) in [5, 5.41) is 11.1. The number of hydrogen-bond acceptors (Lipinski definition) is 5. The number of amides is 1. The maximum Gasteiger partial charge on any atom is 0.300 e. The van der Waals surface area contributed by atoms with Crippen LogP contribution in [0.15, 0.2) is 69.3 Å². The highest BCUT2D eigenvalue weighted by molar-refractivity contribution is 9.10. The number of ketones is 1. The minimum absolute atomic E-state index is 0.0322. The molecule has 1 atom stereocenters. The highest BCUT2D eigenvalue weighted by Gasteiger charge is 2.48. The van der Waals surface area contributed by atoms with E-state index < -0.39 is 17.7 Å². The van der Waals surface area contributed by atoms with Gasteiger partial charge in [0.25, 0.3) is 11.7 Å². The summed E-state index contributed by atoms with van der Waals surface area (Å²) in [5.74, 6) is -0.821. The Hall–Kier alpha value is -3.32. The van der Waals surface area contributed by atoms with Crippen LogP contribution in [0.4, 0.5) is 5.69 Å². The molecule has 1 amide bonds. The van der Waals surface area contributed by atoms with Crippen LogP contribution in [0.3, 0.4) is 0 Å². The highest BCUT2D eigenvalue weighted by atomic mass is 79.9. The topological polar surface area (TPSA) is 80.0 Å². The van der Waals surface area contributed by atoms with Gasteiger partial charge in [-0.05, 0) is 83.4 Å². The summed E-state index contributed by atoms with van der Waals surface area (Å²) in [4.78, 5) is 27.5. The first kappa shape index (κ1) is 20.9. The molecule has 0 bridgehead atoms. The van der Waals surface area contributed by atoms with Crippen molar-refractivity contribution in [1.29, 1.82) is 0 Å². The number of hydrogen-bond donors (Lipinski definition) is 1. The summed E-state index contributed by atoms with van der Waals surface area (Å²) < 4.78 is 11.4. The normalized spacial score (nSPS) is 17.9. The monoisotopic (exact) mass is 481 g/mol. The lowest BCUT2D eigenvalue weighted by molar-refractivity contribution is -0.132. The molecule has 1 saturated heterocycles. The molecule has 31 heavy (non-hydrogen) atoms. The van der Waals surface area contributed by atoms with Crippen LogP contribution < -0.4 is 9.64 Å². The Bertz CT molecular complexity index is 1210. The summed E-state index contributed by atoms with van der Waals surface area (Å²) in [7, 11) is 1.53. The van der Waals surface area contributed by atoms with Crippen LogP contribution in [0, 0.1) is 13.8 Å². The van der Waals surface area contributed by atoms with E-state index in [1.54, 1.807) is 36.4 Å². The number of halogens is 1. The molecule has 1 N–H and O–H groups in total. The number of aryl methyl sites for hydroxylation is 2. The van der Waals surface area contributed by atoms with Gasteiger partial charge in [-0.1, -0.05) is 6.07 Å². The van der Waals surface area contributed by atoms with Gasteiger partial charge >= 0.3 is 0 Å². The smallest absolute Gasteiger partial charge is 0.300 e. The first-order valence-electron chi connectivity index (χ1n) is 9.59. The maximum absolute atomic E-state index is 13.1. The lowest BCUT2D eigenvalue weighted by Crippen LogP contribution is -2.29. The van der Waals surface area contributed by atoms with Gasteiger partial charge < -0.3 is 14.3 Å². The lowest BCUT2D eigenvalue weighted by Gasteiger charge is -2.24. The Labute approximate surface area is 187 Å². The first-order chi connectivity index (χ1) is 14.8. The quantitative estimate of drug-likeness (QED) is 0.311. The number of ether oxygens (including phenoxy) is 1. The fourth-order valence-electron chi connectivity index (χ4n) is 3.66. The second-order valence-electron chi connectivity index (χ2n) is 7.30. The third-order valence-electron chi connectivity index (χ3n) is 5.45. The number of Topliss-reactive ketones (excluding diaryl/α,β-unsaturated/α-hetero) is 1. The number of benzene rings is 2. The van der Waals surface area contributed by atoms with Crippen LogP contribution in [0.25, 0.3) is 5.76 Å². The molecular formula is C24H20BrNO5. The number of methoxy groups -OCH3 is 1. The zero-order valence-electron chi connectivity index (χ0n) is 17.2. The summed E-state index contributed by atoms with van der Waals surface area (Å²) in [6.45, 7) is 3.91. The zero-order valence-corrected chi connectivity index (χ0v) is 18.8. The molecule has 7 heteroatoms. The summed E-state index contributed by atoms with van der Waals surface area (Å²) in [6.07, 6.45) is 1.47.